The lowest BCUT2D eigenvalue weighted by molar-refractivity contribution is -0.112. The molecule has 0 fully saturated rings. The maximum atomic E-state index is 10.9. The van der Waals surface area contributed by atoms with Crippen LogP contribution < -0.4 is 10.6 Å². The molecule has 0 saturated carbocycles. The van der Waals surface area contributed by atoms with E-state index in [-0.39, 0.29) is 5.78 Å². The number of anilines is 2. The van der Waals surface area contributed by atoms with Gasteiger partial charge in [-0.05, 0) is 54.0 Å². The fourth-order valence-electron chi connectivity index (χ4n) is 2.32. The first-order valence-corrected chi connectivity index (χ1v) is 8.44. The molecule has 0 unspecified atom stereocenters. The number of ether oxygens (including phenoxy) is 1. The van der Waals surface area contributed by atoms with Gasteiger partial charge in [-0.3, -0.25) is 4.79 Å². The van der Waals surface area contributed by atoms with Crippen LogP contribution in [0.15, 0.2) is 54.8 Å². The average Bonchev–Trinajstić information content (AvgIpc) is 2.67. The lowest BCUT2D eigenvalue weighted by Crippen LogP contribution is -2.06. The van der Waals surface area contributed by atoms with Crippen LogP contribution in [0, 0.1) is 0 Å². The number of benzene rings is 2. The Kier molecular flexibility index (Phi) is 7.56. The number of carbonyl (C=O) groups is 1. The second kappa shape index (κ2) is 10.1. The lowest BCUT2D eigenvalue weighted by atomic mass is 9.95. The van der Waals surface area contributed by atoms with Crippen molar-refractivity contribution in [3.8, 4) is 0 Å². The first-order valence-electron chi connectivity index (χ1n) is 8.44. The monoisotopic (exact) mass is 346 g/mol. The summed E-state index contributed by atoms with van der Waals surface area (Å²) in [4.78, 5) is 10.9. The first kappa shape index (κ1) is 19.4. The molecule has 2 rings (SSSR count). The van der Waals surface area contributed by atoms with Crippen LogP contribution in [0.3, 0.4) is 0 Å². The minimum atomic E-state index is 0.0354. The van der Waals surface area contributed by atoms with E-state index in [0.717, 1.165) is 28.1 Å². The molecule has 26 heavy (non-hydrogen) atoms. The molecule has 0 amide bonds. The molecule has 0 aliphatic carbocycles. The summed E-state index contributed by atoms with van der Waals surface area (Å²) in [6, 6.07) is 13.8. The van der Waals surface area contributed by atoms with Gasteiger partial charge in [0.25, 0.3) is 0 Å². The molecule has 0 aliphatic rings. The second-order valence-electron chi connectivity index (χ2n) is 5.73. The number of nitrogens with one attached hydrogen (secondary N) is 2. The van der Waals surface area contributed by atoms with E-state index in [9.17, 15) is 4.79 Å². The van der Waals surface area contributed by atoms with Crippen molar-refractivity contribution in [1.82, 2.24) is 0 Å². The van der Waals surface area contributed by atoms with Crippen LogP contribution >= 0.6 is 0 Å². The Bertz CT molecular complexity index is 783. The van der Waals surface area contributed by atoms with Crippen molar-refractivity contribution >= 4 is 37.2 Å². The lowest BCUT2D eigenvalue weighted by Gasteiger charge is -2.12. The van der Waals surface area contributed by atoms with Crippen LogP contribution in [0.5, 0.6) is 0 Å². The van der Waals surface area contributed by atoms with Gasteiger partial charge in [0.1, 0.15) is 0 Å². The molecule has 0 heterocycles. The quantitative estimate of drug-likeness (QED) is 0.236. The number of rotatable bonds is 9. The summed E-state index contributed by atoms with van der Waals surface area (Å²) in [7, 11) is 7.66. The maximum absolute atomic E-state index is 10.9. The normalized spacial score (nSPS) is 11.0. The molecule has 0 bridgehead atoms. The fraction of sp³-hybridized carbons (Fsp3) is 0.190. The molecular weight excluding hydrogens is 323 g/mol. The molecule has 0 aromatic heterocycles. The SMILES string of the molecule is [B]Cc1cc(NC)ccc1NCO/C=C/c1ccc(/C=C/C(C)=O)cc1. The highest BCUT2D eigenvalue weighted by molar-refractivity contribution is 6.09. The third kappa shape index (κ3) is 6.17. The Morgan fingerprint density at radius 2 is 1.81 bits per heavy atom. The van der Waals surface area contributed by atoms with Gasteiger partial charge in [-0.15, -0.1) is 0 Å². The number of hydrogen-bond acceptors (Lipinski definition) is 4. The van der Waals surface area contributed by atoms with Gasteiger partial charge in [0, 0.05) is 18.4 Å². The molecule has 0 spiro atoms. The molecule has 4 nitrogen and oxygen atoms in total. The first-order chi connectivity index (χ1) is 12.6. The highest BCUT2D eigenvalue weighted by atomic mass is 16.5. The van der Waals surface area contributed by atoms with Crippen molar-refractivity contribution in [2.24, 2.45) is 0 Å². The van der Waals surface area contributed by atoms with E-state index in [4.69, 9.17) is 12.6 Å². The molecule has 132 valence electrons. The molecule has 0 saturated heterocycles. The standard InChI is InChI=1S/C21H23BN2O2/c1-16(25)3-4-17-5-7-18(8-6-17)11-12-26-15-24-21-10-9-20(23-2)13-19(21)14-22/h3-13,23-24H,14-15H2,1-2H3/b4-3+,12-11+. The van der Waals surface area contributed by atoms with Crippen molar-refractivity contribution in [2.75, 3.05) is 24.4 Å². The highest BCUT2D eigenvalue weighted by Gasteiger charge is 2.00. The topological polar surface area (TPSA) is 50.4 Å². The molecule has 2 aromatic carbocycles. The van der Waals surface area contributed by atoms with Gasteiger partial charge in [0.15, 0.2) is 12.5 Å². The minimum Gasteiger partial charge on any atom is -0.481 e. The molecule has 0 atom stereocenters. The number of carbonyl (C=O) groups excluding carboxylic acids is 1. The van der Waals surface area contributed by atoms with Crippen LogP contribution in [0.4, 0.5) is 11.4 Å². The third-order valence-electron chi connectivity index (χ3n) is 3.76. The summed E-state index contributed by atoms with van der Waals surface area (Å²) in [5, 5.41) is 6.31. The van der Waals surface area contributed by atoms with Gasteiger partial charge < -0.3 is 15.4 Å². The highest BCUT2D eigenvalue weighted by Crippen LogP contribution is 2.20. The Labute approximate surface area is 156 Å². The second-order valence-corrected chi connectivity index (χ2v) is 5.73. The van der Waals surface area contributed by atoms with Gasteiger partial charge in [-0.1, -0.05) is 36.7 Å². The smallest absolute Gasteiger partial charge is 0.158 e. The van der Waals surface area contributed by atoms with E-state index >= 15 is 0 Å². The van der Waals surface area contributed by atoms with Gasteiger partial charge in [0.05, 0.1) is 14.1 Å². The summed E-state index contributed by atoms with van der Waals surface area (Å²) in [6.45, 7) is 1.88. The van der Waals surface area contributed by atoms with E-state index in [1.807, 2.05) is 55.6 Å². The Morgan fingerprint density at radius 1 is 1.12 bits per heavy atom. The van der Waals surface area contributed by atoms with Crippen LogP contribution in [0.2, 0.25) is 0 Å². The average molecular weight is 346 g/mol. The minimum absolute atomic E-state index is 0.0354. The Balaban J connectivity index is 1.83. The molecule has 2 radical (unpaired) electrons. The molecule has 2 aromatic rings. The molecule has 2 N–H and O–H groups in total. The van der Waals surface area contributed by atoms with Gasteiger partial charge >= 0.3 is 0 Å². The van der Waals surface area contributed by atoms with E-state index in [0.29, 0.717) is 13.1 Å². The van der Waals surface area contributed by atoms with Crippen LogP contribution in [-0.4, -0.2) is 27.4 Å². The van der Waals surface area contributed by atoms with Gasteiger partial charge in [0.2, 0.25) is 0 Å². The van der Waals surface area contributed by atoms with Gasteiger partial charge in [-0.25, -0.2) is 0 Å². The van der Waals surface area contributed by atoms with Crippen molar-refractivity contribution < 1.29 is 9.53 Å². The van der Waals surface area contributed by atoms with Gasteiger partial charge in [-0.2, -0.15) is 0 Å². The Hall–Kier alpha value is -2.95. The summed E-state index contributed by atoms with van der Waals surface area (Å²) in [6.07, 6.45) is 7.34. The van der Waals surface area contributed by atoms with E-state index in [1.165, 1.54) is 6.92 Å². The summed E-state index contributed by atoms with van der Waals surface area (Å²) in [5.74, 6) is 0.0354. The van der Waals surface area contributed by atoms with Crippen molar-refractivity contribution in [2.45, 2.75) is 13.2 Å². The predicted octanol–water partition coefficient (Wildman–Crippen LogP) is 4.06. The zero-order chi connectivity index (χ0) is 18.8. The summed E-state index contributed by atoms with van der Waals surface area (Å²) < 4.78 is 5.50. The zero-order valence-corrected chi connectivity index (χ0v) is 15.2. The van der Waals surface area contributed by atoms with E-state index < -0.39 is 0 Å². The number of ketones is 1. The molecule has 5 heteroatoms. The van der Waals surface area contributed by atoms with Crippen molar-refractivity contribution in [3.05, 3.63) is 71.5 Å². The van der Waals surface area contributed by atoms with Crippen molar-refractivity contribution in [1.29, 1.82) is 0 Å². The van der Waals surface area contributed by atoms with Crippen LogP contribution in [0.25, 0.3) is 12.2 Å². The summed E-state index contributed by atoms with van der Waals surface area (Å²) in [5.41, 5.74) is 5.02. The fourth-order valence-corrected chi connectivity index (χ4v) is 2.32. The van der Waals surface area contributed by atoms with E-state index in [1.54, 1.807) is 18.4 Å². The van der Waals surface area contributed by atoms with Crippen LogP contribution in [-0.2, 0) is 15.9 Å². The third-order valence-corrected chi connectivity index (χ3v) is 3.76. The summed E-state index contributed by atoms with van der Waals surface area (Å²) >= 11 is 0. The van der Waals surface area contributed by atoms with Crippen LogP contribution in [0.1, 0.15) is 23.6 Å². The Morgan fingerprint density at radius 3 is 2.42 bits per heavy atom. The maximum Gasteiger partial charge on any atom is 0.158 e. The number of allylic oxidation sites excluding steroid dienone is 1. The molecular formula is C21H23BN2O2. The van der Waals surface area contributed by atoms with E-state index in [2.05, 4.69) is 10.6 Å². The molecule has 0 aliphatic heterocycles. The number of hydrogen-bond donors (Lipinski definition) is 2. The largest absolute Gasteiger partial charge is 0.481 e. The zero-order valence-electron chi connectivity index (χ0n) is 15.2. The van der Waals surface area contributed by atoms with Crippen molar-refractivity contribution in [3.63, 3.8) is 0 Å². The predicted molar refractivity (Wildman–Crippen MR) is 110 cm³/mol.